The fraction of sp³-hybridized carbons (Fsp3) is 0. The number of nitrogens with zero attached hydrogens (tertiary/aromatic N) is 3. The molecule has 10 aromatic rings. The van der Waals surface area contributed by atoms with E-state index < -0.39 is 0 Å². The predicted molar refractivity (Wildman–Crippen MR) is 207 cm³/mol. The quantitative estimate of drug-likeness (QED) is 0.185. The molecule has 4 heterocycles. The zero-order chi connectivity index (χ0) is 33.0. The molecular weight excluding hydrogens is 631 g/mol. The highest BCUT2D eigenvalue weighted by atomic mass is 32.1. The highest BCUT2D eigenvalue weighted by Gasteiger charge is 2.20. The summed E-state index contributed by atoms with van der Waals surface area (Å²) in [5, 5.41) is 4.59. The van der Waals surface area contributed by atoms with Gasteiger partial charge in [-0.2, -0.15) is 0 Å². The van der Waals surface area contributed by atoms with Crippen molar-refractivity contribution in [3.63, 3.8) is 0 Å². The summed E-state index contributed by atoms with van der Waals surface area (Å²) in [6.45, 7) is 0. The molecule has 0 saturated carbocycles. The van der Waals surface area contributed by atoms with Crippen molar-refractivity contribution in [1.29, 1.82) is 0 Å². The van der Waals surface area contributed by atoms with E-state index in [0.717, 1.165) is 72.3 Å². The minimum atomic E-state index is 0.655. The van der Waals surface area contributed by atoms with Gasteiger partial charge in [0, 0.05) is 65.6 Å². The van der Waals surface area contributed by atoms with Gasteiger partial charge in [0.1, 0.15) is 11.2 Å². The molecule has 6 aromatic carbocycles. The van der Waals surface area contributed by atoms with Gasteiger partial charge in [0.05, 0.1) is 11.4 Å². The van der Waals surface area contributed by atoms with E-state index in [1.54, 1.807) is 0 Å². The molecule has 0 saturated heterocycles. The number of hydrogen-bond acceptors (Lipinski definition) is 5. The average Bonchev–Trinajstić information content (AvgIpc) is 3.77. The molecule has 0 unspecified atom stereocenters. The third-order valence-electron chi connectivity index (χ3n) is 9.44. The second kappa shape index (κ2) is 11.6. The van der Waals surface area contributed by atoms with Gasteiger partial charge < -0.3 is 4.42 Å². The van der Waals surface area contributed by atoms with Gasteiger partial charge in [-0.25, -0.2) is 9.97 Å². The summed E-state index contributed by atoms with van der Waals surface area (Å²) in [5.41, 5.74) is 10.8. The zero-order valence-corrected chi connectivity index (χ0v) is 27.6. The molecule has 50 heavy (non-hydrogen) atoms. The van der Waals surface area contributed by atoms with E-state index in [9.17, 15) is 0 Å². The lowest BCUT2D eigenvalue weighted by Gasteiger charge is -2.12. The minimum Gasteiger partial charge on any atom is -0.455 e. The van der Waals surface area contributed by atoms with Gasteiger partial charge >= 0.3 is 0 Å². The normalized spacial score (nSPS) is 11.6. The van der Waals surface area contributed by atoms with Crippen LogP contribution in [0.25, 0.3) is 98.3 Å². The van der Waals surface area contributed by atoms with Crippen LogP contribution in [0.4, 0.5) is 0 Å². The van der Waals surface area contributed by atoms with Crippen LogP contribution in [0.3, 0.4) is 0 Å². The standard InChI is InChI=1S/C45H27N3OS/c1-2-8-30(9-3-1)38-27-39(31-16-14-28(15-17-31)29-22-24-46-25-23-29)48-45(47-38)36-20-19-33(44-43(36)35-11-4-6-12-40(35)49-44)32-18-21-42-37(26-32)34-10-5-7-13-41(34)50-42/h1-27H. The Labute approximate surface area is 292 Å². The summed E-state index contributed by atoms with van der Waals surface area (Å²) in [5.74, 6) is 0.655. The maximum absolute atomic E-state index is 6.71. The molecule has 0 aliphatic rings. The molecule has 0 fully saturated rings. The first-order valence-corrected chi connectivity index (χ1v) is 17.4. The minimum absolute atomic E-state index is 0.655. The molecule has 5 heteroatoms. The summed E-state index contributed by atoms with van der Waals surface area (Å²) < 4.78 is 9.28. The third kappa shape index (κ3) is 4.79. The van der Waals surface area contributed by atoms with Crippen LogP contribution >= 0.6 is 11.3 Å². The Bertz CT molecular complexity index is 2860. The van der Waals surface area contributed by atoms with Crippen LogP contribution in [0.2, 0.25) is 0 Å². The van der Waals surface area contributed by atoms with Crippen molar-refractivity contribution in [2.45, 2.75) is 0 Å². The van der Waals surface area contributed by atoms with Crippen LogP contribution in [0.15, 0.2) is 168 Å². The molecule has 0 amide bonds. The molecule has 0 atom stereocenters. The van der Waals surface area contributed by atoms with E-state index >= 15 is 0 Å². The van der Waals surface area contributed by atoms with Crippen molar-refractivity contribution in [3.8, 4) is 56.2 Å². The van der Waals surface area contributed by atoms with E-state index in [-0.39, 0.29) is 0 Å². The van der Waals surface area contributed by atoms with Gasteiger partial charge in [0.2, 0.25) is 0 Å². The number of thiophene rings is 1. The Balaban J connectivity index is 1.18. The second-order valence-corrected chi connectivity index (χ2v) is 13.5. The Morgan fingerprint density at radius 3 is 1.88 bits per heavy atom. The van der Waals surface area contributed by atoms with Crippen molar-refractivity contribution >= 4 is 53.4 Å². The van der Waals surface area contributed by atoms with Crippen molar-refractivity contribution < 1.29 is 4.42 Å². The van der Waals surface area contributed by atoms with Crippen LogP contribution in [-0.2, 0) is 0 Å². The van der Waals surface area contributed by atoms with Crippen LogP contribution in [0.1, 0.15) is 0 Å². The van der Waals surface area contributed by atoms with Gasteiger partial charge in [0.25, 0.3) is 0 Å². The lowest BCUT2D eigenvalue weighted by Crippen LogP contribution is -1.97. The summed E-state index contributed by atoms with van der Waals surface area (Å²) in [6, 6.07) is 52.9. The summed E-state index contributed by atoms with van der Waals surface area (Å²) in [6.07, 6.45) is 3.64. The lowest BCUT2D eigenvalue weighted by atomic mass is 9.96. The Hall–Kier alpha value is -6.43. The number of furan rings is 1. The number of pyridine rings is 1. The molecule has 0 aliphatic heterocycles. The highest BCUT2D eigenvalue weighted by molar-refractivity contribution is 7.25. The van der Waals surface area contributed by atoms with Gasteiger partial charge in [-0.3, -0.25) is 4.98 Å². The fourth-order valence-electron chi connectivity index (χ4n) is 6.99. The monoisotopic (exact) mass is 657 g/mol. The number of rotatable bonds is 5. The molecular formula is C45H27N3OS. The zero-order valence-electron chi connectivity index (χ0n) is 26.7. The fourth-order valence-corrected chi connectivity index (χ4v) is 8.07. The summed E-state index contributed by atoms with van der Waals surface area (Å²) in [7, 11) is 0. The smallest absolute Gasteiger partial charge is 0.161 e. The van der Waals surface area contributed by atoms with E-state index in [1.807, 2.05) is 66.2 Å². The van der Waals surface area contributed by atoms with Crippen LogP contribution in [-0.4, -0.2) is 15.0 Å². The molecule has 10 rings (SSSR count). The first-order valence-electron chi connectivity index (χ1n) is 16.6. The van der Waals surface area contributed by atoms with Crippen molar-refractivity contribution in [3.05, 3.63) is 164 Å². The first kappa shape index (κ1) is 28.6. The number of hydrogen-bond donors (Lipinski definition) is 0. The van der Waals surface area contributed by atoms with Crippen molar-refractivity contribution in [1.82, 2.24) is 15.0 Å². The second-order valence-electron chi connectivity index (χ2n) is 12.4. The number of benzene rings is 6. The largest absolute Gasteiger partial charge is 0.455 e. The summed E-state index contributed by atoms with van der Waals surface area (Å²) >= 11 is 1.83. The topological polar surface area (TPSA) is 51.8 Å². The van der Waals surface area contributed by atoms with Crippen LogP contribution < -0.4 is 0 Å². The molecule has 234 valence electrons. The third-order valence-corrected chi connectivity index (χ3v) is 10.6. The Morgan fingerprint density at radius 1 is 0.440 bits per heavy atom. The molecule has 0 N–H and O–H groups in total. The van der Waals surface area contributed by atoms with Gasteiger partial charge in [-0.15, -0.1) is 11.3 Å². The highest BCUT2D eigenvalue weighted by Crippen LogP contribution is 2.43. The summed E-state index contributed by atoms with van der Waals surface area (Å²) in [4.78, 5) is 14.6. The number of para-hydroxylation sites is 1. The van der Waals surface area contributed by atoms with Crippen LogP contribution in [0, 0.1) is 0 Å². The molecule has 0 radical (unpaired) electrons. The molecule has 4 nitrogen and oxygen atoms in total. The van der Waals surface area contributed by atoms with E-state index in [4.69, 9.17) is 14.4 Å². The van der Waals surface area contributed by atoms with Gasteiger partial charge in [0.15, 0.2) is 5.82 Å². The maximum atomic E-state index is 6.71. The number of fused-ring (bicyclic) bond motifs is 6. The van der Waals surface area contributed by atoms with E-state index in [0.29, 0.717) is 5.82 Å². The van der Waals surface area contributed by atoms with Crippen molar-refractivity contribution in [2.24, 2.45) is 0 Å². The SMILES string of the molecule is c1ccc(-c2cc(-c3ccc(-c4ccncc4)cc3)nc(-c3ccc(-c4ccc5sc6ccccc6c5c4)c4oc5ccccc5c34)n2)cc1. The van der Waals surface area contributed by atoms with Gasteiger partial charge in [-0.05, 0) is 71.3 Å². The lowest BCUT2D eigenvalue weighted by molar-refractivity contribution is 0.670. The average molecular weight is 658 g/mol. The molecule has 0 bridgehead atoms. The van der Waals surface area contributed by atoms with Crippen LogP contribution in [0.5, 0.6) is 0 Å². The Kier molecular flexibility index (Phi) is 6.64. The van der Waals surface area contributed by atoms with Crippen molar-refractivity contribution in [2.75, 3.05) is 0 Å². The Morgan fingerprint density at radius 2 is 1.06 bits per heavy atom. The van der Waals surface area contributed by atoms with E-state index in [2.05, 4.69) is 114 Å². The maximum Gasteiger partial charge on any atom is 0.161 e. The van der Waals surface area contributed by atoms with E-state index in [1.165, 1.54) is 20.2 Å². The molecule has 0 aliphatic carbocycles. The number of aromatic nitrogens is 3. The predicted octanol–water partition coefficient (Wildman–Crippen LogP) is 12.5. The van der Waals surface area contributed by atoms with Gasteiger partial charge in [-0.1, -0.05) is 97.1 Å². The molecule has 0 spiro atoms. The first-order chi connectivity index (χ1) is 24.8. The molecule has 4 aromatic heterocycles.